The maximum absolute atomic E-state index is 12.4. The van der Waals surface area contributed by atoms with Crippen LogP contribution in [0.5, 0.6) is 17.2 Å². The zero-order valence-electron chi connectivity index (χ0n) is 15.7. The summed E-state index contributed by atoms with van der Waals surface area (Å²) in [6, 6.07) is 4.89. The second-order valence-electron chi connectivity index (χ2n) is 5.33. The third-order valence-electron chi connectivity index (χ3n) is 3.39. The molecule has 10 heteroatoms. The average Bonchev–Trinajstić information content (AvgIpc) is 3.13. The molecule has 2 aromatic rings. The van der Waals surface area contributed by atoms with Crippen LogP contribution in [0.15, 0.2) is 17.7 Å². The first-order valence-electron chi connectivity index (χ1n) is 8.11. The van der Waals surface area contributed by atoms with Gasteiger partial charge >= 0.3 is 5.97 Å². The number of hydrogen-bond donors (Lipinski definition) is 1. The molecule has 0 saturated carbocycles. The number of anilines is 1. The summed E-state index contributed by atoms with van der Waals surface area (Å²) in [5.41, 5.74) is 0.292. The number of carbonyl (C=O) groups is 2. The summed E-state index contributed by atoms with van der Waals surface area (Å²) in [4.78, 5) is 23.7. The minimum Gasteiger partial charge on any atom is -0.493 e. The zero-order chi connectivity index (χ0) is 20.7. The van der Waals surface area contributed by atoms with Gasteiger partial charge < -0.3 is 14.2 Å². The van der Waals surface area contributed by atoms with Crippen LogP contribution in [0.3, 0.4) is 0 Å². The van der Waals surface area contributed by atoms with Crippen molar-refractivity contribution < 1.29 is 23.8 Å². The largest absolute Gasteiger partial charge is 0.493 e. The van der Waals surface area contributed by atoms with Crippen LogP contribution in [-0.4, -0.2) is 36.3 Å². The summed E-state index contributed by atoms with van der Waals surface area (Å²) in [6.45, 7) is 3.18. The van der Waals surface area contributed by atoms with E-state index in [9.17, 15) is 14.9 Å². The van der Waals surface area contributed by atoms with Crippen LogP contribution in [0, 0.1) is 11.3 Å². The van der Waals surface area contributed by atoms with Gasteiger partial charge in [0, 0.05) is 6.92 Å². The summed E-state index contributed by atoms with van der Waals surface area (Å²) < 4.78 is 15.6. The molecular formula is C18H18N4O5S. The quantitative estimate of drug-likeness (QED) is 0.324. The van der Waals surface area contributed by atoms with Crippen LogP contribution in [-0.2, 0) is 16.0 Å². The van der Waals surface area contributed by atoms with Gasteiger partial charge in [0.25, 0.3) is 5.91 Å². The van der Waals surface area contributed by atoms with E-state index in [4.69, 9.17) is 14.2 Å². The summed E-state index contributed by atoms with van der Waals surface area (Å²) in [7, 11) is 2.79. The topological polar surface area (TPSA) is 123 Å². The van der Waals surface area contributed by atoms with E-state index in [0.717, 1.165) is 5.01 Å². The van der Waals surface area contributed by atoms with Crippen molar-refractivity contribution in [3.8, 4) is 23.3 Å². The lowest BCUT2D eigenvalue weighted by atomic mass is 10.1. The second-order valence-corrected chi connectivity index (χ2v) is 6.39. The number of benzene rings is 1. The highest BCUT2D eigenvalue weighted by Crippen LogP contribution is 2.39. The Labute approximate surface area is 165 Å². The molecule has 2 rings (SSSR count). The number of hydrogen-bond acceptors (Lipinski definition) is 9. The molecule has 0 aliphatic carbocycles. The Bertz CT molecular complexity index is 936. The second kappa shape index (κ2) is 9.48. The number of amides is 1. The summed E-state index contributed by atoms with van der Waals surface area (Å²) in [6.07, 6.45) is 2.06. The van der Waals surface area contributed by atoms with Crippen LogP contribution in [0.25, 0.3) is 6.08 Å². The van der Waals surface area contributed by atoms with E-state index in [1.807, 2.05) is 13.0 Å². The molecule has 0 saturated heterocycles. The van der Waals surface area contributed by atoms with Gasteiger partial charge in [0.2, 0.25) is 10.9 Å². The molecule has 1 aromatic heterocycles. The molecule has 0 aliphatic rings. The Hall–Kier alpha value is -3.45. The van der Waals surface area contributed by atoms with Crippen LogP contribution in [0.2, 0.25) is 0 Å². The third-order valence-corrected chi connectivity index (χ3v) is 4.38. The maximum Gasteiger partial charge on any atom is 0.308 e. The lowest BCUT2D eigenvalue weighted by Crippen LogP contribution is -2.13. The molecule has 0 unspecified atom stereocenters. The highest BCUT2D eigenvalue weighted by molar-refractivity contribution is 7.15. The molecule has 0 fully saturated rings. The van der Waals surface area contributed by atoms with E-state index in [1.54, 1.807) is 0 Å². The van der Waals surface area contributed by atoms with Gasteiger partial charge in [-0.15, -0.1) is 10.2 Å². The number of carbonyl (C=O) groups excluding carboxylic acids is 2. The number of aromatic nitrogens is 2. The van der Waals surface area contributed by atoms with Crippen molar-refractivity contribution in [1.82, 2.24) is 10.2 Å². The Morgan fingerprint density at radius 1 is 1.25 bits per heavy atom. The number of nitriles is 1. The Balaban J connectivity index is 2.35. The van der Waals surface area contributed by atoms with E-state index in [2.05, 4.69) is 15.5 Å². The number of aryl methyl sites for hydroxylation is 1. The third kappa shape index (κ3) is 5.05. The van der Waals surface area contributed by atoms with Crippen molar-refractivity contribution in [3.05, 3.63) is 28.3 Å². The zero-order valence-corrected chi connectivity index (χ0v) is 16.5. The number of ether oxygens (including phenoxy) is 3. The average molecular weight is 402 g/mol. The molecule has 0 spiro atoms. The van der Waals surface area contributed by atoms with Gasteiger partial charge in [0.1, 0.15) is 16.6 Å². The Kier molecular flexibility index (Phi) is 7.06. The smallest absolute Gasteiger partial charge is 0.308 e. The van der Waals surface area contributed by atoms with E-state index in [-0.39, 0.29) is 22.8 Å². The first kappa shape index (κ1) is 20.9. The monoisotopic (exact) mass is 402 g/mol. The van der Waals surface area contributed by atoms with E-state index in [1.165, 1.54) is 50.7 Å². The predicted octanol–water partition coefficient (Wildman–Crippen LogP) is 2.59. The molecule has 9 nitrogen and oxygen atoms in total. The van der Waals surface area contributed by atoms with Crippen LogP contribution < -0.4 is 19.5 Å². The van der Waals surface area contributed by atoms with E-state index in [0.29, 0.717) is 17.1 Å². The summed E-state index contributed by atoms with van der Waals surface area (Å²) in [5, 5.41) is 20.8. The molecule has 0 atom stereocenters. The van der Waals surface area contributed by atoms with Crippen LogP contribution in [0.4, 0.5) is 5.13 Å². The number of nitrogens with zero attached hydrogens (tertiary/aromatic N) is 3. The molecule has 1 heterocycles. The van der Waals surface area contributed by atoms with Crippen LogP contribution >= 0.6 is 11.3 Å². The summed E-state index contributed by atoms with van der Waals surface area (Å²) in [5.74, 6) is -0.618. The molecule has 146 valence electrons. The van der Waals surface area contributed by atoms with Gasteiger partial charge in [-0.2, -0.15) is 5.26 Å². The highest BCUT2D eigenvalue weighted by atomic mass is 32.1. The first-order chi connectivity index (χ1) is 13.4. The van der Waals surface area contributed by atoms with E-state index < -0.39 is 11.9 Å². The fraction of sp³-hybridized carbons (Fsp3) is 0.278. The molecule has 0 bridgehead atoms. The summed E-state index contributed by atoms with van der Waals surface area (Å²) >= 11 is 1.24. The standard InChI is InChI=1S/C18H18N4O5S/c1-5-15-21-22-18(28-15)20-17(24)12(9-19)6-11-7-13(25-3)16(27-10(2)23)14(8-11)26-4/h6-8H,5H2,1-4H3,(H,20,22,24). The molecule has 28 heavy (non-hydrogen) atoms. The molecule has 1 amide bonds. The van der Waals surface area contributed by atoms with Gasteiger partial charge in [0.05, 0.1) is 14.2 Å². The van der Waals surface area contributed by atoms with Gasteiger partial charge in [-0.25, -0.2) is 0 Å². The normalized spacial score (nSPS) is 10.8. The van der Waals surface area contributed by atoms with Gasteiger partial charge in [-0.05, 0) is 30.2 Å². The van der Waals surface area contributed by atoms with Gasteiger partial charge in [-0.1, -0.05) is 18.3 Å². The number of nitrogens with one attached hydrogen (secondary N) is 1. The number of methoxy groups -OCH3 is 2. The van der Waals surface area contributed by atoms with Gasteiger partial charge in [0.15, 0.2) is 11.5 Å². The van der Waals surface area contributed by atoms with Crippen molar-refractivity contribution in [2.45, 2.75) is 20.3 Å². The predicted molar refractivity (Wildman–Crippen MR) is 102 cm³/mol. The van der Waals surface area contributed by atoms with Crippen molar-refractivity contribution in [2.24, 2.45) is 0 Å². The highest BCUT2D eigenvalue weighted by Gasteiger charge is 2.17. The van der Waals surface area contributed by atoms with Crippen LogP contribution in [0.1, 0.15) is 24.4 Å². The molecular weight excluding hydrogens is 384 g/mol. The number of rotatable bonds is 7. The Morgan fingerprint density at radius 3 is 2.36 bits per heavy atom. The molecule has 1 N–H and O–H groups in total. The Morgan fingerprint density at radius 2 is 1.89 bits per heavy atom. The van der Waals surface area contributed by atoms with Crippen molar-refractivity contribution in [2.75, 3.05) is 19.5 Å². The first-order valence-corrected chi connectivity index (χ1v) is 8.93. The van der Waals surface area contributed by atoms with Crippen molar-refractivity contribution in [3.63, 3.8) is 0 Å². The van der Waals surface area contributed by atoms with Crippen molar-refractivity contribution >= 4 is 34.4 Å². The molecule has 0 aliphatic heterocycles. The SMILES string of the molecule is CCc1nnc(NC(=O)C(C#N)=Cc2cc(OC)c(OC(C)=O)c(OC)c2)s1. The van der Waals surface area contributed by atoms with E-state index >= 15 is 0 Å². The maximum atomic E-state index is 12.4. The lowest BCUT2D eigenvalue weighted by molar-refractivity contribution is -0.132. The fourth-order valence-corrected chi connectivity index (χ4v) is 2.83. The number of esters is 1. The fourth-order valence-electron chi connectivity index (χ4n) is 2.15. The molecule has 1 aromatic carbocycles. The minimum atomic E-state index is -0.622. The molecule has 0 radical (unpaired) electrons. The van der Waals surface area contributed by atoms with Gasteiger partial charge in [-0.3, -0.25) is 14.9 Å². The minimum absolute atomic E-state index is 0.110. The lowest BCUT2D eigenvalue weighted by Gasteiger charge is -2.13. The van der Waals surface area contributed by atoms with Crippen molar-refractivity contribution in [1.29, 1.82) is 5.26 Å².